The maximum atomic E-state index is 12.6. The normalized spacial score (nSPS) is 18.1. The number of Topliss-reactive ketones (excluding diaryl/α,β-unsaturated/α-hetero) is 1. The van der Waals surface area contributed by atoms with E-state index < -0.39 is 0 Å². The molecule has 1 aromatic carbocycles. The summed E-state index contributed by atoms with van der Waals surface area (Å²) in [6.45, 7) is 1.21. The first kappa shape index (κ1) is 12.7. The lowest BCUT2D eigenvalue weighted by molar-refractivity contribution is -0.699. The first-order chi connectivity index (χ1) is 9.78. The number of ketones is 1. The van der Waals surface area contributed by atoms with Gasteiger partial charge in [0.15, 0.2) is 5.78 Å². The van der Waals surface area contributed by atoms with E-state index in [0.717, 1.165) is 0 Å². The minimum absolute atomic E-state index is 0.0644. The molecule has 0 fully saturated rings. The van der Waals surface area contributed by atoms with Crippen LogP contribution in [0.2, 0.25) is 0 Å². The highest BCUT2D eigenvalue weighted by atomic mass is 16.5. The molecule has 2 aromatic rings. The average Bonchev–Trinajstić information content (AvgIpc) is 2.93. The SMILES string of the molecule is COc1ccc2c(c1)OCCC(C[n+]1cc[nH]c1)C2=O. The van der Waals surface area contributed by atoms with E-state index in [4.69, 9.17) is 9.47 Å². The van der Waals surface area contributed by atoms with Crippen LogP contribution < -0.4 is 14.0 Å². The summed E-state index contributed by atoms with van der Waals surface area (Å²) >= 11 is 0. The van der Waals surface area contributed by atoms with Crippen LogP contribution in [0.25, 0.3) is 0 Å². The van der Waals surface area contributed by atoms with Gasteiger partial charge in [-0.05, 0) is 18.6 Å². The zero-order valence-corrected chi connectivity index (χ0v) is 11.3. The molecule has 104 valence electrons. The predicted octanol–water partition coefficient (Wildman–Crippen LogP) is 1.59. The zero-order chi connectivity index (χ0) is 13.9. The molecule has 1 atom stereocenters. The average molecular weight is 273 g/mol. The lowest BCUT2D eigenvalue weighted by atomic mass is 9.95. The van der Waals surface area contributed by atoms with Crippen molar-refractivity contribution < 1.29 is 18.8 Å². The quantitative estimate of drug-likeness (QED) is 0.864. The molecule has 1 aromatic heterocycles. The summed E-state index contributed by atoms with van der Waals surface area (Å²) in [6, 6.07) is 5.36. The Kier molecular flexibility index (Phi) is 3.41. The fraction of sp³-hybridized carbons (Fsp3) is 0.333. The van der Waals surface area contributed by atoms with Crippen molar-refractivity contribution in [2.75, 3.05) is 13.7 Å². The van der Waals surface area contributed by atoms with E-state index >= 15 is 0 Å². The van der Waals surface area contributed by atoms with Gasteiger partial charge in [0.2, 0.25) is 6.33 Å². The number of ether oxygens (including phenoxy) is 2. The highest BCUT2D eigenvalue weighted by molar-refractivity contribution is 6.00. The molecule has 1 aliphatic rings. The molecule has 2 heterocycles. The number of carbonyl (C=O) groups excluding carboxylic acids is 1. The number of benzene rings is 1. The monoisotopic (exact) mass is 273 g/mol. The topological polar surface area (TPSA) is 55.2 Å². The van der Waals surface area contributed by atoms with Gasteiger partial charge in [-0.15, -0.1) is 0 Å². The third-order valence-corrected chi connectivity index (χ3v) is 3.58. The van der Waals surface area contributed by atoms with Crippen LogP contribution in [0.3, 0.4) is 0 Å². The molecule has 5 nitrogen and oxygen atoms in total. The molecular weight excluding hydrogens is 256 g/mol. The maximum absolute atomic E-state index is 12.6. The number of H-pyrrole nitrogens is 1. The van der Waals surface area contributed by atoms with Crippen LogP contribution >= 0.6 is 0 Å². The molecular formula is C15H17N2O3+. The lowest BCUT2D eigenvalue weighted by Gasteiger charge is -2.10. The summed E-state index contributed by atoms with van der Waals surface area (Å²) in [4.78, 5) is 15.6. The summed E-state index contributed by atoms with van der Waals surface area (Å²) in [5.74, 6) is 1.39. The van der Waals surface area contributed by atoms with Crippen molar-refractivity contribution in [2.45, 2.75) is 13.0 Å². The Balaban J connectivity index is 1.87. The number of rotatable bonds is 3. The van der Waals surface area contributed by atoms with Gasteiger partial charge in [0.1, 0.15) is 30.4 Å². The smallest absolute Gasteiger partial charge is 0.241 e. The number of hydrogen-bond acceptors (Lipinski definition) is 3. The Morgan fingerprint density at radius 2 is 2.40 bits per heavy atom. The Morgan fingerprint density at radius 3 is 3.15 bits per heavy atom. The molecule has 1 N–H and O–H groups in total. The van der Waals surface area contributed by atoms with E-state index in [0.29, 0.717) is 36.6 Å². The molecule has 20 heavy (non-hydrogen) atoms. The summed E-state index contributed by atoms with van der Waals surface area (Å²) in [5.41, 5.74) is 0.643. The first-order valence-corrected chi connectivity index (χ1v) is 6.65. The number of aromatic nitrogens is 2. The second-order valence-corrected chi connectivity index (χ2v) is 4.87. The predicted molar refractivity (Wildman–Crippen MR) is 71.9 cm³/mol. The number of hydrogen-bond donors (Lipinski definition) is 1. The van der Waals surface area contributed by atoms with Gasteiger partial charge in [-0.3, -0.25) is 9.78 Å². The van der Waals surface area contributed by atoms with E-state index in [-0.39, 0.29) is 11.7 Å². The lowest BCUT2D eigenvalue weighted by Crippen LogP contribution is -2.38. The largest absolute Gasteiger partial charge is 0.497 e. The van der Waals surface area contributed by atoms with Crippen molar-refractivity contribution in [1.82, 2.24) is 4.98 Å². The van der Waals surface area contributed by atoms with Gasteiger partial charge in [-0.1, -0.05) is 0 Å². The molecule has 5 heteroatoms. The zero-order valence-electron chi connectivity index (χ0n) is 11.3. The molecule has 0 amide bonds. The molecule has 1 aliphatic heterocycles. The summed E-state index contributed by atoms with van der Waals surface area (Å²) < 4.78 is 12.8. The highest BCUT2D eigenvalue weighted by Crippen LogP contribution is 2.30. The number of fused-ring (bicyclic) bond motifs is 1. The van der Waals surface area contributed by atoms with Gasteiger partial charge >= 0.3 is 0 Å². The standard InChI is InChI=1S/C15H16N2O3/c1-19-12-2-3-13-14(8-12)20-7-4-11(15(13)18)9-17-6-5-16-10-17/h2-3,5-6,8,10-11H,4,7,9H2,1H3/p+1. The summed E-state index contributed by atoms with van der Waals surface area (Å²) in [5, 5.41) is 0. The van der Waals surface area contributed by atoms with Crippen molar-refractivity contribution in [3.05, 3.63) is 42.5 Å². The molecule has 0 saturated carbocycles. The Morgan fingerprint density at radius 1 is 1.50 bits per heavy atom. The van der Waals surface area contributed by atoms with E-state index in [1.165, 1.54) is 0 Å². The van der Waals surface area contributed by atoms with Gasteiger partial charge in [-0.2, -0.15) is 0 Å². The Hall–Kier alpha value is -2.30. The van der Waals surface area contributed by atoms with Crippen molar-refractivity contribution in [3.63, 3.8) is 0 Å². The molecule has 0 bridgehead atoms. The molecule has 0 saturated heterocycles. The van der Waals surface area contributed by atoms with Crippen molar-refractivity contribution in [2.24, 2.45) is 5.92 Å². The van der Waals surface area contributed by atoms with Crippen LogP contribution in [0.1, 0.15) is 16.8 Å². The number of imidazole rings is 1. The molecule has 0 spiro atoms. The van der Waals surface area contributed by atoms with E-state index in [1.54, 1.807) is 25.3 Å². The summed E-state index contributed by atoms with van der Waals surface area (Å²) in [7, 11) is 1.60. The van der Waals surface area contributed by atoms with Crippen LogP contribution in [0.5, 0.6) is 11.5 Å². The fourth-order valence-corrected chi connectivity index (χ4v) is 2.48. The minimum atomic E-state index is -0.0644. The minimum Gasteiger partial charge on any atom is -0.497 e. The van der Waals surface area contributed by atoms with Crippen molar-refractivity contribution in [1.29, 1.82) is 0 Å². The van der Waals surface area contributed by atoms with E-state index in [9.17, 15) is 4.79 Å². The number of aromatic amines is 1. The van der Waals surface area contributed by atoms with Gasteiger partial charge in [0.05, 0.1) is 25.2 Å². The third-order valence-electron chi connectivity index (χ3n) is 3.58. The Labute approximate surface area is 117 Å². The molecule has 3 rings (SSSR count). The van der Waals surface area contributed by atoms with Crippen molar-refractivity contribution in [3.8, 4) is 11.5 Å². The number of nitrogens with zero attached hydrogens (tertiary/aromatic N) is 1. The second kappa shape index (κ2) is 5.36. The van der Waals surface area contributed by atoms with Gasteiger partial charge in [0, 0.05) is 6.07 Å². The first-order valence-electron chi connectivity index (χ1n) is 6.65. The van der Waals surface area contributed by atoms with Crippen LogP contribution in [-0.2, 0) is 6.54 Å². The van der Waals surface area contributed by atoms with Gasteiger partial charge in [-0.25, -0.2) is 4.57 Å². The maximum Gasteiger partial charge on any atom is 0.241 e. The number of nitrogens with one attached hydrogen (secondary N) is 1. The van der Waals surface area contributed by atoms with Crippen LogP contribution in [0.4, 0.5) is 0 Å². The van der Waals surface area contributed by atoms with Gasteiger partial charge in [0.25, 0.3) is 0 Å². The fourth-order valence-electron chi connectivity index (χ4n) is 2.48. The number of carbonyl (C=O) groups is 1. The van der Waals surface area contributed by atoms with Crippen molar-refractivity contribution >= 4 is 5.78 Å². The molecule has 1 unspecified atom stereocenters. The highest BCUT2D eigenvalue weighted by Gasteiger charge is 2.28. The van der Waals surface area contributed by atoms with E-state index in [2.05, 4.69) is 4.98 Å². The van der Waals surface area contributed by atoms with Gasteiger partial charge < -0.3 is 9.47 Å². The van der Waals surface area contributed by atoms with Crippen LogP contribution in [0, 0.1) is 5.92 Å². The molecule has 0 radical (unpaired) electrons. The Bertz CT molecular complexity index is 608. The second-order valence-electron chi connectivity index (χ2n) is 4.87. The summed E-state index contributed by atoms with van der Waals surface area (Å²) in [6.07, 6.45) is 6.34. The number of methoxy groups -OCH3 is 1. The van der Waals surface area contributed by atoms with Crippen LogP contribution in [-0.4, -0.2) is 24.5 Å². The van der Waals surface area contributed by atoms with Crippen LogP contribution in [0.15, 0.2) is 36.9 Å². The molecule has 0 aliphatic carbocycles. The van der Waals surface area contributed by atoms with E-state index in [1.807, 2.05) is 23.3 Å². The third kappa shape index (κ3) is 2.39.